The van der Waals surface area contributed by atoms with Crippen molar-refractivity contribution in [2.75, 3.05) is 0 Å². The third kappa shape index (κ3) is 9.33. The molecule has 5 heteroatoms. The van der Waals surface area contributed by atoms with Crippen molar-refractivity contribution in [3.63, 3.8) is 0 Å². The molecule has 1 aliphatic rings. The summed E-state index contributed by atoms with van der Waals surface area (Å²) in [5.74, 6) is 0.547. The average molecular weight is 877 g/mol. The van der Waals surface area contributed by atoms with Crippen molar-refractivity contribution in [2.24, 2.45) is 27.7 Å². The van der Waals surface area contributed by atoms with Crippen molar-refractivity contribution >= 4 is 49.9 Å². The van der Waals surface area contributed by atoms with Gasteiger partial charge in [0.05, 0.1) is 17.0 Å². The predicted molar refractivity (Wildman–Crippen MR) is 217 cm³/mol. The van der Waals surface area contributed by atoms with Gasteiger partial charge < -0.3 is 9.52 Å². The molecule has 0 fully saturated rings. The normalized spacial score (nSPS) is 13.2. The Morgan fingerprint density at radius 3 is 1.98 bits per heavy atom. The molecule has 0 aliphatic carbocycles. The minimum atomic E-state index is 0. The first kappa shape index (κ1) is 41.2. The van der Waals surface area contributed by atoms with Gasteiger partial charge in [-0.25, -0.2) is 0 Å². The third-order valence-electron chi connectivity index (χ3n) is 9.97. The molecule has 1 N–H and O–H groups in total. The van der Waals surface area contributed by atoms with Crippen LogP contribution in [0.2, 0.25) is 0 Å². The van der Waals surface area contributed by atoms with Gasteiger partial charge in [-0.15, -0.1) is 17.7 Å². The van der Waals surface area contributed by atoms with Crippen LogP contribution >= 0.6 is 0 Å². The molecule has 0 bridgehead atoms. The smallest absolute Gasteiger partial charge is 0.162 e. The van der Waals surface area contributed by atoms with E-state index < -0.39 is 0 Å². The average Bonchev–Trinajstić information content (AvgIpc) is 3.59. The Hall–Kier alpha value is -3.53. The molecule has 52 heavy (non-hydrogen) atoms. The van der Waals surface area contributed by atoms with E-state index in [0.717, 1.165) is 83.0 Å². The molecule has 0 spiro atoms. The summed E-state index contributed by atoms with van der Waals surface area (Å²) in [7, 11) is 0. The topological polar surface area (TPSA) is 62.8 Å². The van der Waals surface area contributed by atoms with E-state index in [4.69, 9.17) is 9.41 Å². The van der Waals surface area contributed by atoms with Gasteiger partial charge in [-0.2, -0.15) is 0 Å². The number of aliphatic imine (C=N–C) groups is 1. The number of carbonyl (C=O) groups excluding carboxylic acids is 1. The molecule has 4 nitrogen and oxygen atoms in total. The number of rotatable bonds is 10. The van der Waals surface area contributed by atoms with Gasteiger partial charge >= 0.3 is 0 Å². The largest absolute Gasteiger partial charge is 0.512 e. The van der Waals surface area contributed by atoms with Crippen molar-refractivity contribution in [2.45, 2.75) is 115 Å². The fraction of sp³-hybridized carbons (Fsp3) is 0.447. The van der Waals surface area contributed by atoms with Gasteiger partial charge in [-0.1, -0.05) is 124 Å². The fourth-order valence-corrected chi connectivity index (χ4v) is 7.54. The van der Waals surface area contributed by atoms with Gasteiger partial charge in [0.15, 0.2) is 5.78 Å². The Labute approximate surface area is 325 Å². The van der Waals surface area contributed by atoms with E-state index in [1.807, 2.05) is 39.8 Å². The zero-order valence-electron chi connectivity index (χ0n) is 33.2. The summed E-state index contributed by atoms with van der Waals surface area (Å²) in [5, 5.41) is 14.6. The molecule has 4 aromatic carbocycles. The van der Waals surface area contributed by atoms with E-state index in [1.54, 1.807) is 0 Å². The summed E-state index contributed by atoms with van der Waals surface area (Å²) >= 11 is 0. The molecule has 1 aromatic heterocycles. The van der Waals surface area contributed by atoms with Gasteiger partial charge in [0.25, 0.3) is 0 Å². The summed E-state index contributed by atoms with van der Waals surface area (Å²) in [6, 6.07) is 23.5. The van der Waals surface area contributed by atoms with Gasteiger partial charge in [0.1, 0.15) is 5.58 Å². The van der Waals surface area contributed by atoms with Crippen LogP contribution < -0.4 is 0 Å². The maximum Gasteiger partial charge on any atom is 0.162 e. The second kappa shape index (κ2) is 16.6. The zero-order valence-corrected chi connectivity index (χ0v) is 35.6. The van der Waals surface area contributed by atoms with Gasteiger partial charge in [-0.05, 0) is 83.6 Å². The molecule has 0 amide bonds. The summed E-state index contributed by atoms with van der Waals surface area (Å²) < 4.78 is 6.43. The number of fused-ring (bicyclic) bond motifs is 3. The number of aliphatic hydroxyl groups is 1. The van der Waals surface area contributed by atoms with Crippen LogP contribution in [-0.2, 0) is 37.7 Å². The number of furan rings is 1. The molecule has 5 aromatic rings. The number of carbonyl (C=O) groups is 1. The number of para-hydroxylation sites is 1. The number of ketones is 1. The minimum Gasteiger partial charge on any atom is -0.512 e. The van der Waals surface area contributed by atoms with E-state index in [0.29, 0.717) is 0 Å². The Kier molecular flexibility index (Phi) is 13.2. The van der Waals surface area contributed by atoms with Crippen molar-refractivity contribution in [3.8, 4) is 0 Å². The number of aryl methyl sites for hydroxylation is 1. The fourth-order valence-electron chi connectivity index (χ4n) is 7.54. The van der Waals surface area contributed by atoms with Crippen molar-refractivity contribution in [3.05, 3.63) is 100 Å². The number of hydrogen-bond acceptors (Lipinski definition) is 4. The molecule has 0 unspecified atom stereocenters. The van der Waals surface area contributed by atoms with Crippen LogP contribution in [0, 0.1) is 35.7 Å². The van der Waals surface area contributed by atoms with E-state index in [1.165, 1.54) is 33.5 Å². The number of allylic oxidation sites excluding steroid dienone is 2. The van der Waals surface area contributed by atoms with Crippen molar-refractivity contribution < 1.29 is 34.4 Å². The first-order valence-electron chi connectivity index (χ1n) is 19.0. The van der Waals surface area contributed by atoms with Crippen LogP contribution in [-0.4, -0.2) is 16.6 Å². The molecule has 279 valence electrons. The van der Waals surface area contributed by atoms with Crippen LogP contribution in [0.1, 0.15) is 123 Å². The third-order valence-corrected chi connectivity index (χ3v) is 9.97. The summed E-state index contributed by atoms with van der Waals surface area (Å²) in [4.78, 5) is 17.0. The standard InChI is InChI=1S/C34H34NO.C13H24O2.Ir/c1-20-12-25-24-10-8-9-11-29(24)36-32(25)27(13-20)31-26-16-21(18-33(2,3)4)14-23-15-22(19-34(5,6)7)17-28(35-31)30(23)26;1-5-10(6-2)12(14)9-13(15)11(7-3)8-4;/h8-12,14-17H,18-19H2,1-7H3;9-11,14H,5-8H2,1-4H3;/q-1;;/b;12-9-;. The monoisotopic (exact) mass is 877 g/mol. The molecule has 1 aliphatic heterocycles. The predicted octanol–water partition coefficient (Wildman–Crippen LogP) is 13.4. The van der Waals surface area contributed by atoms with Crippen molar-refractivity contribution in [1.29, 1.82) is 0 Å². The van der Waals surface area contributed by atoms with Crippen LogP contribution in [0.15, 0.2) is 75.8 Å². The van der Waals surface area contributed by atoms with Crippen LogP contribution in [0.4, 0.5) is 5.69 Å². The number of aliphatic hydroxyl groups excluding tert-OH is 1. The molecule has 2 heterocycles. The van der Waals surface area contributed by atoms with Gasteiger partial charge in [0, 0.05) is 54.5 Å². The number of hydrogen-bond donors (Lipinski definition) is 1. The zero-order chi connectivity index (χ0) is 37.2. The molecular formula is C47H58IrNO3-. The molecule has 0 atom stereocenters. The number of nitrogens with zero attached hydrogens (tertiary/aromatic N) is 1. The Morgan fingerprint density at radius 2 is 1.40 bits per heavy atom. The van der Waals surface area contributed by atoms with Gasteiger partial charge in [-0.3, -0.25) is 9.79 Å². The van der Waals surface area contributed by atoms with Crippen LogP contribution in [0.3, 0.4) is 0 Å². The van der Waals surface area contributed by atoms with E-state index in [-0.39, 0.29) is 54.3 Å². The Balaban J connectivity index is 0.000000323. The molecule has 0 saturated carbocycles. The molecule has 0 saturated heterocycles. The second-order valence-electron chi connectivity index (χ2n) is 17.0. The van der Waals surface area contributed by atoms with E-state index in [9.17, 15) is 9.90 Å². The number of benzene rings is 4. The summed E-state index contributed by atoms with van der Waals surface area (Å²) in [6.07, 6.45) is 6.94. The molecule has 6 rings (SSSR count). The summed E-state index contributed by atoms with van der Waals surface area (Å²) in [5.41, 5.74) is 10.2. The first-order valence-corrected chi connectivity index (χ1v) is 19.0. The van der Waals surface area contributed by atoms with Crippen molar-refractivity contribution in [1.82, 2.24) is 0 Å². The summed E-state index contributed by atoms with van der Waals surface area (Å²) in [6.45, 7) is 24.0. The second-order valence-corrected chi connectivity index (χ2v) is 17.0. The maximum absolute atomic E-state index is 11.7. The SMILES string of the molecule is CCC(CC)C(=O)/C=C(\O)C(CC)CC.Cc1[c-]c(C2=Nc3cc(CC(C)(C)C)cc4cc(CC(C)(C)C)cc2c34)c2oc3ccccc3c2c1.[Ir]. The van der Waals surface area contributed by atoms with Gasteiger partial charge in [0.2, 0.25) is 0 Å². The minimum absolute atomic E-state index is 0. The Bertz CT molecular complexity index is 2110. The van der Waals surface area contributed by atoms with Crippen LogP contribution in [0.5, 0.6) is 0 Å². The quantitative estimate of drug-likeness (QED) is 0.0847. The van der Waals surface area contributed by atoms with Crippen LogP contribution in [0.25, 0.3) is 32.7 Å². The molecule has 1 radical (unpaired) electrons. The van der Waals surface area contributed by atoms with E-state index >= 15 is 0 Å². The maximum atomic E-state index is 11.7. The first-order chi connectivity index (χ1) is 24.0. The molecular weight excluding hydrogens is 819 g/mol. The Morgan fingerprint density at radius 1 is 0.827 bits per heavy atom. The van der Waals surface area contributed by atoms with E-state index in [2.05, 4.69) is 97.0 Å².